The van der Waals surface area contributed by atoms with Gasteiger partial charge in [0.05, 0.1) is 16.0 Å². The molecule has 0 saturated heterocycles. The van der Waals surface area contributed by atoms with Crippen molar-refractivity contribution in [3.05, 3.63) is 128 Å². The topological polar surface area (TPSA) is 87.3 Å². The molecule has 0 aliphatic heterocycles. The maximum Gasteiger partial charge on any atom is 0.272 e. The SMILES string of the molecule is CC(Sc1cccc(NC(=O)/C(=C\c2ccc(Br)cc2)NC(=O)c2ccccc2)c1)C(=O)Nc1cc(Cl)ccc1Cl. The summed E-state index contributed by atoms with van der Waals surface area (Å²) < 4.78 is 0.891. The van der Waals surface area contributed by atoms with Gasteiger partial charge in [-0.15, -0.1) is 11.8 Å². The van der Waals surface area contributed by atoms with E-state index in [1.165, 1.54) is 11.8 Å². The fourth-order valence-electron chi connectivity index (χ4n) is 3.60. The van der Waals surface area contributed by atoms with Crippen LogP contribution in [0.25, 0.3) is 6.08 Å². The molecule has 3 amide bonds. The number of benzene rings is 4. The minimum Gasteiger partial charge on any atom is -0.324 e. The van der Waals surface area contributed by atoms with Crippen molar-refractivity contribution < 1.29 is 14.4 Å². The molecule has 6 nitrogen and oxygen atoms in total. The van der Waals surface area contributed by atoms with Gasteiger partial charge in [-0.2, -0.15) is 0 Å². The van der Waals surface area contributed by atoms with Crippen LogP contribution in [-0.2, 0) is 9.59 Å². The van der Waals surface area contributed by atoms with E-state index < -0.39 is 17.1 Å². The van der Waals surface area contributed by atoms with Crippen LogP contribution in [0, 0.1) is 0 Å². The number of thioether (sulfide) groups is 1. The predicted molar refractivity (Wildman–Crippen MR) is 172 cm³/mol. The maximum absolute atomic E-state index is 13.4. The van der Waals surface area contributed by atoms with E-state index in [1.807, 2.05) is 36.4 Å². The number of rotatable bonds is 9. The van der Waals surface area contributed by atoms with Crippen LogP contribution in [0.5, 0.6) is 0 Å². The van der Waals surface area contributed by atoms with Gasteiger partial charge in [-0.05, 0) is 79.2 Å². The average molecular weight is 669 g/mol. The molecule has 0 aromatic heterocycles. The van der Waals surface area contributed by atoms with Crippen molar-refractivity contribution in [2.45, 2.75) is 17.1 Å². The zero-order chi connectivity index (χ0) is 29.4. The van der Waals surface area contributed by atoms with Crippen molar-refractivity contribution in [1.82, 2.24) is 5.32 Å². The molecule has 208 valence electrons. The number of nitrogens with one attached hydrogen (secondary N) is 3. The van der Waals surface area contributed by atoms with Crippen molar-refractivity contribution in [1.29, 1.82) is 0 Å². The summed E-state index contributed by atoms with van der Waals surface area (Å²) in [6.07, 6.45) is 1.61. The van der Waals surface area contributed by atoms with Crippen LogP contribution >= 0.6 is 50.9 Å². The molecule has 0 spiro atoms. The van der Waals surface area contributed by atoms with Gasteiger partial charge in [-0.3, -0.25) is 14.4 Å². The minimum absolute atomic E-state index is 0.0744. The number of hydrogen-bond donors (Lipinski definition) is 3. The molecule has 4 aromatic rings. The van der Waals surface area contributed by atoms with E-state index in [-0.39, 0.29) is 11.6 Å². The summed E-state index contributed by atoms with van der Waals surface area (Å²) in [7, 11) is 0. The van der Waals surface area contributed by atoms with Gasteiger partial charge in [0, 0.05) is 25.6 Å². The largest absolute Gasteiger partial charge is 0.324 e. The van der Waals surface area contributed by atoms with Crippen LogP contribution in [0.1, 0.15) is 22.8 Å². The Morgan fingerprint density at radius 1 is 0.854 bits per heavy atom. The van der Waals surface area contributed by atoms with Crippen LogP contribution in [-0.4, -0.2) is 23.0 Å². The van der Waals surface area contributed by atoms with E-state index in [4.69, 9.17) is 23.2 Å². The molecule has 4 aromatic carbocycles. The lowest BCUT2D eigenvalue weighted by Crippen LogP contribution is -2.30. The average Bonchev–Trinajstić information content (AvgIpc) is 2.96. The number of anilines is 2. The second-order valence-corrected chi connectivity index (χ2v) is 12.0. The number of amides is 3. The number of hydrogen-bond acceptors (Lipinski definition) is 4. The Morgan fingerprint density at radius 3 is 2.32 bits per heavy atom. The van der Waals surface area contributed by atoms with Crippen LogP contribution in [0.2, 0.25) is 10.0 Å². The first-order valence-electron chi connectivity index (χ1n) is 12.4. The number of carbonyl (C=O) groups is 3. The number of carbonyl (C=O) groups excluding carboxylic acids is 3. The fraction of sp³-hybridized carbons (Fsp3) is 0.0645. The van der Waals surface area contributed by atoms with Gasteiger partial charge in [-0.1, -0.05) is 75.5 Å². The highest BCUT2D eigenvalue weighted by Crippen LogP contribution is 2.29. The standard InChI is InChI=1S/C31H24BrCl2N3O3S/c1-19(29(38)36-27-17-23(33)14-15-26(27)34)41-25-9-5-8-24(18-25)35-31(40)28(16-20-10-12-22(32)13-11-20)37-30(39)21-6-3-2-4-7-21/h2-19H,1H3,(H,35,40)(H,36,38)(H,37,39)/b28-16+. The molecule has 10 heteroatoms. The van der Waals surface area contributed by atoms with E-state index in [0.717, 1.165) is 14.9 Å². The van der Waals surface area contributed by atoms with Crippen LogP contribution in [0.15, 0.2) is 112 Å². The molecule has 0 aliphatic rings. The third kappa shape index (κ3) is 8.96. The fourth-order valence-corrected chi connectivity index (χ4v) is 5.13. The molecule has 1 unspecified atom stereocenters. The highest BCUT2D eigenvalue weighted by atomic mass is 79.9. The highest BCUT2D eigenvalue weighted by molar-refractivity contribution is 9.10. The van der Waals surface area contributed by atoms with Crippen LogP contribution in [0.4, 0.5) is 11.4 Å². The first kappa shape index (κ1) is 30.4. The van der Waals surface area contributed by atoms with Gasteiger partial charge in [0.1, 0.15) is 5.70 Å². The lowest BCUT2D eigenvalue weighted by molar-refractivity contribution is -0.115. The van der Waals surface area contributed by atoms with Crippen molar-refractivity contribution in [2.24, 2.45) is 0 Å². The van der Waals surface area contributed by atoms with Gasteiger partial charge in [-0.25, -0.2) is 0 Å². The normalized spacial score (nSPS) is 11.9. The Hall–Kier alpha value is -3.56. The lowest BCUT2D eigenvalue weighted by Gasteiger charge is -2.15. The van der Waals surface area contributed by atoms with Gasteiger partial charge in [0.15, 0.2) is 0 Å². The Bertz CT molecular complexity index is 1600. The summed E-state index contributed by atoms with van der Waals surface area (Å²) in [6.45, 7) is 1.77. The van der Waals surface area contributed by atoms with Gasteiger partial charge in [0.25, 0.3) is 11.8 Å². The van der Waals surface area contributed by atoms with E-state index in [1.54, 1.807) is 73.7 Å². The molecule has 4 rings (SSSR count). The van der Waals surface area contributed by atoms with E-state index >= 15 is 0 Å². The summed E-state index contributed by atoms with van der Waals surface area (Å²) in [4.78, 5) is 39.8. The molecule has 0 bridgehead atoms. The quantitative estimate of drug-likeness (QED) is 0.124. The predicted octanol–water partition coefficient (Wildman–Crippen LogP) is 8.28. The zero-order valence-corrected chi connectivity index (χ0v) is 25.6. The zero-order valence-electron chi connectivity index (χ0n) is 21.7. The first-order chi connectivity index (χ1) is 19.7. The van der Waals surface area contributed by atoms with E-state index in [0.29, 0.717) is 27.0 Å². The summed E-state index contributed by atoms with van der Waals surface area (Å²) in [5.41, 5.74) is 2.16. The Morgan fingerprint density at radius 2 is 1.59 bits per heavy atom. The van der Waals surface area contributed by atoms with Gasteiger partial charge >= 0.3 is 0 Å². The Kier molecular flexibility index (Phi) is 10.7. The molecule has 0 aliphatic carbocycles. The molecular formula is C31H24BrCl2N3O3S. The minimum atomic E-state index is -0.499. The summed E-state index contributed by atoms with van der Waals surface area (Å²) in [5.74, 6) is -1.16. The lowest BCUT2D eigenvalue weighted by atomic mass is 10.1. The van der Waals surface area contributed by atoms with E-state index in [9.17, 15) is 14.4 Å². The third-order valence-electron chi connectivity index (χ3n) is 5.67. The van der Waals surface area contributed by atoms with Crippen molar-refractivity contribution in [3.8, 4) is 0 Å². The molecule has 0 radical (unpaired) electrons. The number of halogens is 3. The monoisotopic (exact) mass is 667 g/mol. The molecule has 1 atom stereocenters. The van der Waals surface area contributed by atoms with Crippen LogP contribution in [0.3, 0.4) is 0 Å². The van der Waals surface area contributed by atoms with Crippen molar-refractivity contribution >= 4 is 86.1 Å². The highest BCUT2D eigenvalue weighted by Gasteiger charge is 2.18. The molecule has 0 saturated carbocycles. The Labute approximate surface area is 260 Å². The first-order valence-corrected chi connectivity index (χ1v) is 14.8. The molecular weight excluding hydrogens is 645 g/mol. The van der Waals surface area contributed by atoms with Crippen LogP contribution < -0.4 is 16.0 Å². The van der Waals surface area contributed by atoms with Gasteiger partial charge < -0.3 is 16.0 Å². The summed E-state index contributed by atoms with van der Waals surface area (Å²) in [6, 6.07) is 27.9. The Balaban J connectivity index is 1.48. The second kappa shape index (κ2) is 14.4. The molecule has 41 heavy (non-hydrogen) atoms. The van der Waals surface area contributed by atoms with Crippen molar-refractivity contribution in [2.75, 3.05) is 10.6 Å². The summed E-state index contributed by atoms with van der Waals surface area (Å²) in [5, 5.41) is 8.74. The van der Waals surface area contributed by atoms with Gasteiger partial charge in [0.2, 0.25) is 5.91 Å². The second-order valence-electron chi connectivity index (χ2n) is 8.79. The smallest absolute Gasteiger partial charge is 0.272 e. The molecule has 0 fully saturated rings. The molecule has 0 heterocycles. The van der Waals surface area contributed by atoms with Crippen molar-refractivity contribution in [3.63, 3.8) is 0 Å². The summed E-state index contributed by atoms with van der Waals surface area (Å²) >= 11 is 16.9. The molecule has 3 N–H and O–H groups in total. The third-order valence-corrected chi connectivity index (χ3v) is 7.86. The van der Waals surface area contributed by atoms with E-state index in [2.05, 4.69) is 31.9 Å². The maximum atomic E-state index is 13.4.